The number of nitrogens with one attached hydrogen (secondary N) is 1. The number of carbonyl (C=O) groups excluding carboxylic acids is 3. The number of primary amides is 1. The zero-order chi connectivity index (χ0) is 19.0. The summed E-state index contributed by atoms with van der Waals surface area (Å²) in [6.45, 7) is 7.19. The summed E-state index contributed by atoms with van der Waals surface area (Å²) in [4.78, 5) is 35.0. The molecular formula is C18H26N2O5. The molecule has 0 saturated heterocycles. The van der Waals surface area contributed by atoms with Gasteiger partial charge in [0, 0.05) is 6.42 Å². The van der Waals surface area contributed by atoms with Crippen molar-refractivity contribution < 1.29 is 23.9 Å². The lowest BCUT2D eigenvalue weighted by atomic mass is 10.1. The van der Waals surface area contributed by atoms with Crippen LogP contribution in [0.4, 0.5) is 4.79 Å². The first-order valence-electron chi connectivity index (χ1n) is 8.07. The van der Waals surface area contributed by atoms with Crippen molar-refractivity contribution in [3.63, 3.8) is 0 Å². The van der Waals surface area contributed by atoms with Crippen LogP contribution in [0.2, 0.25) is 0 Å². The summed E-state index contributed by atoms with van der Waals surface area (Å²) in [5, 5.41) is 2.33. The molecule has 0 spiro atoms. The molecule has 1 aromatic carbocycles. The highest BCUT2D eigenvalue weighted by molar-refractivity contribution is 5.87. The van der Waals surface area contributed by atoms with Crippen molar-refractivity contribution >= 4 is 18.0 Å². The van der Waals surface area contributed by atoms with Crippen LogP contribution in [0.1, 0.15) is 38.3 Å². The van der Waals surface area contributed by atoms with Crippen LogP contribution < -0.4 is 11.1 Å². The van der Waals surface area contributed by atoms with E-state index in [0.717, 1.165) is 11.1 Å². The molecule has 1 unspecified atom stereocenters. The Bertz CT molecular complexity index is 605. The Morgan fingerprint density at radius 2 is 1.76 bits per heavy atom. The summed E-state index contributed by atoms with van der Waals surface area (Å²) in [5.74, 6) is -1.46. The number of ether oxygens (including phenoxy) is 2. The molecule has 7 heteroatoms. The average Bonchev–Trinajstić information content (AvgIpc) is 2.46. The number of esters is 1. The van der Waals surface area contributed by atoms with Gasteiger partial charge in [0.05, 0.1) is 13.0 Å². The number of hydrogen-bond acceptors (Lipinski definition) is 5. The van der Waals surface area contributed by atoms with E-state index in [1.54, 1.807) is 20.8 Å². The maximum absolute atomic E-state index is 12.1. The van der Waals surface area contributed by atoms with Gasteiger partial charge >= 0.3 is 12.1 Å². The fraction of sp³-hybridized carbons (Fsp3) is 0.500. The fourth-order valence-corrected chi connectivity index (χ4v) is 1.97. The van der Waals surface area contributed by atoms with Gasteiger partial charge in [0.15, 0.2) is 0 Å². The predicted octanol–water partition coefficient (Wildman–Crippen LogP) is 1.85. The van der Waals surface area contributed by atoms with E-state index in [1.807, 2.05) is 31.2 Å². The first-order chi connectivity index (χ1) is 11.6. The van der Waals surface area contributed by atoms with Crippen molar-refractivity contribution in [3.05, 3.63) is 35.4 Å². The Morgan fingerprint density at radius 1 is 1.16 bits per heavy atom. The Balaban J connectivity index is 2.52. The smallest absolute Gasteiger partial charge is 0.407 e. The normalized spacial score (nSPS) is 12.2. The fourth-order valence-electron chi connectivity index (χ4n) is 1.97. The number of aryl methyl sites for hydroxylation is 1. The molecule has 0 fully saturated rings. The molecule has 0 heterocycles. The maximum atomic E-state index is 12.1. The number of hydrogen-bond donors (Lipinski definition) is 2. The van der Waals surface area contributed by atoms with Gasteiger partial charge in [0.2, 0.25) is 5.91 Å². The van der Waals surface area contributed by atoms with E-state index >= 15 is 0 Å². The second kappa shape index (κ2) is 9.05. The van der Waals surface area contributed by atoms with Gasteiger partial charge < -0.3 is 20.5 Å². The van der Waals surface area contributed by atoms with Gasteiger partial charge in [-0.15, -0.1) is 0 Å². The molecule has 1 aromatic rings. The van der Waals surface area contributed by atoms with Crippen molar-refractivity contribution in [1.82, 2.24) is 5.32 Å². The Kier molecular flexibility index (Phi) is 7.42. The van der Waals surface area contributed by atoms with Crippen LogP contribution in [0.5, 0.6) is 0 Å². The number of nitrogens with two attached hydrogens (primary N) is 1. The molecule has 0 aliphatic heterocycles. The largest absolute Gasteiger partial charge is 0.458 e. The van der Waals surface area contributed by atoms with E-state index in [0.29, 0.717) is 6.42 Å². The second-order valence-corrected chi connectivity index (χ2v) is 6.77. The topological polar surface area (TPSA) is 108 Å². The molecule has 0 aromatic heterocycles. The first-order valence-corrected chi connectivity index (χ1v) is 8.07. The molecule has 0 aliphatic rings. The minimum atomic E-state index is -1.18. The minimum Gasteiger partial charge on any atom is -0.458 e. The number of carbonyl (C=O) groups is 3. The van der Waals surface area contributed by atoms with Gasteiger partial charge in [-0.2, -0.15) is 0 Å². The van der Waals surface area contributed by atoms with Crippen molar-refractivity contribution in [2.75, 3.05) is 6.61 Å². The van der Waals surface area contributed by atoms with Crippen LogP contribution in [0.3, 0.4) is 0 Å². The second-order valence-electron chi connectivity index (χ2n) is 6.77. The van der Waals surface area contributed by atoms with Crippen LogP contribution in [0, 0.1) is 6.92 Å². The lowest BCUT2D eigenvalue weighted by molar-refractivity contribution is -0.158. The molecule has 0 radical (unpaired) electrons. The van der Waals surface area contributed by atoms with Crippen LogP contribution in [0.15, 0.2) is 24.3 Å². The quantitative estimate of drug-likeness (QED) is 0.730. The predicted molar refractivity (Wildman–Crippen MR) is 92.8 cm³/mol. The SMILES string of the molecule is Cc1ccc(CCOC(=O)NC(CC(N)=O)C(=O)OC(C)(C)C)cc1. The summed E-state index contributed by atoms with van der Waals surface area (Å²) >= 11 is 0. The first kappa shape index (κ1) is 20.5. The van der Waals surface area contributed by atoms with Gasteiger partial charge in [-0.1, -0.05) is 29.8 Å². The third-order valence-corrected chi connectivity index (χ3v) is 3.13. The van der Waals surface area contributed by atoms with Crippen LogP contribution in [0.25, 0.3) is 0 Å². The van der Waals surface area contributed by atoms with Gasteiger partial charge in [-0.3, -0.25) is 4.79 Å². The summed E-state index contributed by atoms with van der Waals surface area (Å²) in [7, 11) is 0. The number of amides is 2. The Hall–Kier alpha value is -2.57. The molecule has 2 amide bonds. The third-order valence-electron chi connectivity index (χ3n) is 3.13. The highest BCUT2D eigenvalue weighted by Crippen LogP contribution is 2.10. The van der Waals surface area contributed by atoms with Crippen LogP contribution in [-0.2, 0) is 25.5 Å². The lowest BCUT2D eigenvalue weighted by Crippen LogP contribution is -2.46. The standard InChI is InChI=1S/C18H26N2O5/c1-12-5-7-13(8-6-12)9-10-24-17(23)20-14(11-15(19)21)16(22)25-18(2,3)4/h5-8,14H,9-11H2,1-4H3,(H2,19,21)(H,20,23). The van der Waals surface area contributed by atoms with Gasteiger partial charge in [0.25, 0.3) is 0 Å². The van der Waals surface area contributed by atoms with Crippen molar-refractivity contribution in [2.24, 2.45) is 5.73 Å². The van der Waals surface area contributed by atoms with Crippen molar-refractivity contribution in [1.29, 1.82) is 0 Å². The van der Waals surface area contributed by atoms with Crippen molar-refractivity contribution in [3.8, 4) is 0 Å². The van der Waals surface area contributed by atoms with E-state index in [9.17, 15) is 14.4 Å². The van der Waals surface area contributed by atoms with E-state index in [-0.39, 0.29) is 13.0 Å². The Labute approximate surface area is 147 Å². The van der Waals surface area contributed by atoms with E-state index in [4.69, 9.17) is 15.2 Å². The molecule has 25 heavy (non-hydrogen) atoms. The molecule has 0 aliphatic carbocycles. The number of rotatable bonds is 7. The zero-order valence-electron chi connectivity index (χ0n) is 15.1. The van der Waals surface area contributed by atoms with E-state index in [1.165, 1.54) is 0 Å². The van der Waals surface area contributed by atoms with E-state index in [2.05, 4.69) is 5.32 Å². The van der Waals surface area contributed by atoms with Crippen LogP contribution in [-0.4, -0.2) is 36.2 Å². The zero-order valence-corrected chi connectivity index (χ0v) is 15.1. The molecule has 1 rings (SSSR count). The molecule has 1 atom stereocenters. The molecular weight excluding hydrogens is 324 g/mol. The summed E-state index contributed by atoms with van der Waals surface area (Å²) in [6, 6.07) is 6.67. The number of alkyl carbamates (subject to hydrolysis) is 1. The molecule has 3 N–H and O–H groups in total. The van der Waals surface area contributed by atoms with Gasteiger partial charge in [-0.05, 0) is 33.3 Å². The number of benzene rings is 1. The molecule has 138 valence electrons. The summed E-state index contributed by atoms with van der Waals surface area (Å²) in [6.07, 6.45) is -0.619. The summed E-state index contributed by atoms with van der Waals surface area (Å²) in [5.41, 5.74) is 6.55. The monoisotopic (exact) mass is 350 g/mol. The molecule has 7 nitrogen and oxygen atoms in total. The van der Waals surface area contributed by atoms with Crippen molar-refractivity contribution in [2.45, 2.75) is 52.2 Å². The lowest BCUT2D eigenvalue weighted by Gasteiger charge is -2.23. The van der Waals surface area contributed by atoms with Gasteiger partial charge in [-0.25, -0.2) is 9.59 Å². The highest BCUT2D eigenvalue weighted by Gasteiger charge is 2.28. The molecule has 0 saturated carbocycles. The maximum Gasteiger partial charge on any atom is 0.407 e. The third kappa shape index (κ3) is 8.74. The van der Waals surface area contributed by atoms with Crippen LogP contribution >= 0.6 is 0 Å². The van der Waals surface area contributed by atoms with Gasteiger partial charge in [0.1, 0.15) is 11.6 Å². The minimum absolute atomic E-state index is 0.145. The Morgan fingerprint density at radius 3 is 2.28 bits per heavy atom. The molecule has 0 bridgehead atoms. The van der Waals surface area contributed by atoms with E-state index < -0.39 is 29.6 Å². The highest BCUT2D eigenvalue weighted by atomic mass is 16.6. The summed E-state index contributed by atoms with van der Waals surface area (Å²) < 4.78 is 10.2. The average molecular weight is 350 g/mol.